The number of carbonyl (C=O) groups is 2. The summed E-state index contributed by atoms with van der Waals surface area (Å²) >= 11 is 0. The summed E-state index contributed by atoms with van der Waals surface area (Å²) in [5.41, 5.74) is 1.17. The van der Waals surface area contributed by atoms with E-state index in [4.69, 9.17) is 4.74 Å². The molecule has 0 radical (unpaired) electrons. The van der Waals surface area contributed by atoms with Crippen molar-refractivity contribution < 1.29 is 19.4 Å². The van der Waals surface area contributed by atoms with Crippen LogP contribution in [0.5, 0.6) is 5.75 Å². The van der Waals surface area contributed by atoms with Crippen LogP contribution in [0.2, 0.25) is 0 Å². The summed E-state index contributed by atoms with van der Waals surface area (Å²) in [6.07, 6.45) is 0.504. The molecule has 1 unspecified atom stereocenters. The van der Waals surface area contributed by atoms with Gasteiger partial charge in [-0.1, -0.05) is 42.2 Å². The number of rotatable bonds is 4. The van der Waals surface area contributed by atoms with Crippen LogP contribution in [0.1, 0.15) is 27.6 Å². The standard InChI is InChI=1S/C25H24N6O4/c1-31-19-11-17(9-10-25(34)14-26-15-25)7-8-20(19)35-13-18(24(31)33)27-23(32)22-28-21(29-30-22)12-16-5-3-2-4-6-16/h2-8,11,18,26,34H,12-15H2,1H3,(H,27,32)(H,28,29,30). The Balaban J connectivity index is 1.27. The number of anilines is 1. The van der Waals surface area contributed by atoms with Gasteiger partial charge in [0.05, 0.1) is 5.69 Å². The normalized spacial score (nSPS) is 18.3. The third kappa shape index (κ3) is 4.87. The fraction of sp³-hybridized carbons (Fsp3) is 0.280. The van der Waals surface area contributed by atoms with Crippen LogP contribution in [0.25, 0.3) is 0 Å². The van der Waals surface area contributed by atoms with Gasteiger partial charge in [0, 0.05) is 32.1 Å². The number of amides is 2. The molecule has 5 rings (SSSR count). The van der Waals surface area contributed by atoms with Crippen molar-refractivity contribution >= 4 is 17.5 Å². The van der Waals surface area contributed by atoms with E-state index >= 15 is 0 Å². The number of nitrogens with zero attached hydrogens (tertiary/aromatic N) is 3. The zero-order chi connectivity index (χ0) is 24.4. The number of aromatic amines is 1. The molecule has 2 aromatic carbocycles. The number of aromatic nitrogens is 3. The second kappa shape index (κ2) is 9.21. The maximum absolute atomic E-state index is 13.1. The second-order valence-corrected chi connectivity index (χ2v) is 8.57. The molecule has 4 N–H and O–H groups in total. The van der Waals surface area contributed by atoms with Crippen LogP contribution in [0.15, 0.2) is 48.5 Å². The highest BCUT2D eigenvalue weighted by Crippen LogP contribution is 2.31. The van der Waals surface area contributed by atoms with E-state index in [1.165, 1.54) is 4.90 Å². The van der Waals surface area contributed by atoms with Crippen molar-refractivity contribution in [3.05, 3.63) is 71.3 Å². The zero-order valence-electron chi connectivity index (χ0n) is 19.0. The van der Waals surface area contributed by atoms with Crippen molar-refractivity contribution in [1.82, 2.24) is 25.8 Å². The number of ether oxygens (including phenoxy) is 1. The first-order valence-corrected chi connectivity index (χ1v) is 11.2. The first-order valence-electron chi connectivity index (χ1n) is 11.2. The molecule has 2 aliphatic rings. The minimum atomic E-state index is -1.03. The number of fused-ring (bicyclic) bond motifs is 1. The smallest absolute Gasteiger partial charge is 0.291 e. The number of benzene rings is 2. The Labute approximate surface area is 201 Å². The third-order valence-corrected chi connectivity index (χ3v) is 5.88. The van der Waals surface area contributed by atoms with Crippen LogP contribution >= 0.6 is 0 Å². The molecule has 35 heavy (non-hydrogen) atoms. The van der Waals surface area contributed by atoms with Gasteiger partial charge in [-0.15, -0.1) is 5.10 Å². The van der Waals surface area contributed by atoms with Crippen molar-refractivity contribution in [2.24, 2.45) is 0 Å². The van der Waals surface area contributed by atoms with Gasteiger partial charge in [-0.3, -0.25) is 14.7 Å². The Kier molecular flexibility index (Phi) is 5.94. The number of H-pyrrole nitrogens is 1. The van der Waals surface area contributed by atoms with E-state index in [0.717, 1.165) is 5.56 Å². The summed E-state index contributed by atoms with van der Waals surface area (Å²) in [5.74, 6) is 5.89. The fourth-order valence-corrected chi connectivity index (χ4v) is 3.81. The lowest BCUT2D eigenvalue weighted by atomic mass is 9.98. The van der Waals surface area contributed by atoms with Crippen LogP contribution in [0.4, 0.5) is 5.69 Å². The minimum absolute atomic E-state index is 0.0420. The Morgan fingerprint density at radius 1 is 1.29 bits per heavy atom. The lowest BCUT2D eigenvalue weighted by Crippen LogP contribution is -2.58. The quantitative estimate of drug-likeness (QED) is 0.400. The van der Waals surface area contributed by atoms with Crippen molar-refractivity contribution in [3.63, 3.8) is 0 Å². The van der Waals surface area contributed by atoms with E-state index in [2.05, 4.69) is 37.7 Å². The van der Waals surface area contributed by atoms with Crippen molar-refractivity contribution in [1.29, 1.82) is 0 Å². The molecule has 1 saturated heterocycles. The highest BCUT2D eigenvalue weighted by atomic mass is 16.5. The van der Waals surface area contributed by atoms with Crippen LogP contribution < -0.4 is 20.3 Å². The maximum atomic E-state index is 13.1. The first-order chi connectivity index (χ1) is 16.9. The maximum Gasteiger partial charge on any atom is 0.291 e. The van der Waals surface area contributed by atoms with Crippen molar-refractivity contribution in [2.45, 2.75) is 18.1 Å². The summed E-state index contributed by atoms with van der Waals surface area (Å²) in [6.45, 7) is 0.804. The molecule has 1 aromatic heterocycles. The van der Waals surface area contributed by atoms with Crippen molar-refractivity contribution in [2.75, 3.05) is 31.6 Å². The van der Waals surface area contributed by atoms with Crippen LogP contribution in [0.3, 0.4) is 0 Å². The molecule has 1 atom stereocenters. The second-order valence-electron chi connectivity index (χ2n) is 8.57. The highest BCUT2D eigenvalue weighted by molar-refractivity contribution is 6.02. The molecule has 3 heterocycles. The molecule has 0 aliphatic carbocycles. The summed E-state index contributed by atoms with van der Waals surface area (Å²) in [7, 11) is 1.61. The molecule has 0 bridgehead atoms. The summed E-state index contributed by atoms with van der Waals surface area (Å²) in [5, 5.41) is 22.6. The molecule has 1 fully saturated rings. The SMILES string of the molecule is CN1C(=O)C(NC(=O)c2n[nH]c(Cc3ccccc3)n2)COc2ccc(C#CC3(O)CNC3)cc21. The van der Waals surface area contributed by atoms with Gasteiger partial charge in [-0.2, -0.15) is 0 Å². The number of hydrogen-bond acceptors (Lipinski definition) is 7. The predicted octanol–water partition coefficient (Wildman–Crippen LogP) is 0.235. The van der Waals surface area contributed by atoms with Crippen LogP contribution in [-0.4, -0.2) is 70.5 Å². The molecule has 178 valence electrons. The molecule has 2 aliphatic heterocycles. The number of hydrogen-bond donors (Lipinski definition) is 4. The molecule has 0 spiro atoms. The monoisotopic (exact) mass is 472 g/mol. The van der Waals surface area contributed by atoms with E-state index in [1.807, 2.05) is 30.3 Å². The van der Waals surface area contributed by atoms with E-state index < -0.39 is 17.6 Å². The Bertz CT molecular complexity index is 1320. The van der Waals surface area contributed by atoms with E-state index in [9.17, 15) is 14.7 Å². The minimum Gasteiger partial charge on any atom is -0.489 e. The van der Waals surface area contributed by atoms with Gasteiger partial charge < -0.3 is 25.4 Å². The average Bonchev–Trinajstić information content (AvgIpc) is 3.28. The van der Waals surface area contributed by atoms with Gasteiger partial charge in [0.25, 0.3) is 11.8 Å². The van der Waals surface area contributed by atoms with E-state index in [1.54, 1.807) is 25.2 Å². The summed E-state index contributed by atoms with van der Waals surface area (Å²) in [4.78, 5) is 31.5. The number of aliphatic hydroxyl groups is 1. The molecule has 10 heteroatoms. The Hall–Kier alpha value is -4.20. The lowest BCUT2D eigenvalue weighted by Gasteiger charge is -2.32. The third-order valence-electron chi connectivity index (χ3n) is 5.88. The Morgan fingerprint density at radius 3 is 2.83 bits per heavy atom. The summed E-state index contributed by atoms with van der Waals surface area (Å²) < 4.78 is 5.82. The summed E-state index contributed by atoms with van der Waals surface area (Å²) in [6, 6.07) is 14.0. The van der Waals surface area contributed by atoms with Crippen LogP contribution in [0, 0.1) is 11.8 Å². The molecule has 3 aromatic rings. The molecule has 10 nitrogen and oxygen atoms in total. The fourth-order valence-electron chi connectivity index (χ4n) is 3.81. The average molecular weight is 473 g/mol. The van der Waals surface area contributed by atoms with Gasteiger partial charge >= 0.3 is 0 Å². The van der Waals surface area contributed by atoms with E-state index in [0.29, 0.717) is 42.3 Å². The predicted molar refractivity (Wildman–Crippen MR) is 127 cm³/mol. The van der Waals surface area contributed by atoms with Gasteiger partial charge in [0.1, 0.15) is 29.8 Å². The highest BCUT2D eigenvalue weighted by Gasteiger charge is 2.33. The van der Waals surface area contributed by atoms with Crippen LogP contribution in [-0.2, 0) is 11.2 Å². The molecular formula is C25H24N6O4. The lowest BCUT2D eigenvalue weighted by molar-refractivity contribution is -0.120. The Morgan fingerprint density at radius 2 is 2.09 bits per heavy atom. The number of nitrogens with one attached hydrogen (secondary N) is 3. The topological polar surface area (TPSA) is 132 Å². The molecule has 0 saturated carbocycles. The molecule has 2 amide bonds. The molecular weight excluding hydrogens is 448 g/mol. The van der Waals surface area contributed by atoms with E-state index in [-0.39, 0.29) is 18.3 Å². The number of carbonyl (C=O) groups excluding carboxylic acids is 2. The zero-order valence-corrected chi connectivity index (χ0v) is 19.0. The largest absolute Gasteiger partial charge is 0.489 e. The number of β-amino-alcohol motifs (C(OH)–C–C–N with tert-alkyl or cyclic N) is 1. The van der Waals surface area contributed by atoms with Gasteiger partial charge in [0.15, 0.2) is 0 Å². The first kappa shape index (κ1) is 22.6. The van der Waals surface area contributed by atoms with Gasteiger partial charge in [0.2, 0.25) is 5.82 Å². The number of likely N-dealkylation sites (N-methyl/N-ethyl adjacent to an activating group) is 1. The van der Waals surface area contributed by atoms with Crippen molar-refractivity contribution in [3.8, 4) is 17.6 Å². The van der Waals surface area contributed by atoms with Gasteiger partial charge in [-0.25, -0.2) is 4.98 Å². The van der Waals surface area contributed by atoms with Gasteiger partial charge in [-0.05, 0) is 23.8 Å².